The first-order chi connectivity index (χ1) is 14.9. The molecule has 5 rings (SSSR count). The first-order valence-corrected chi connectivity index (χ1v) is 11.3. The van der Waals surface area contributed by atoms with Crippen LogP contribution in [-0.2, 0) is 4.79 Å². The van der Waals surface area contributed by atoms with E-state index in [0.717, 1.165) is 53.7 Å². The molecule has 0 radical (unpaired) electrons. The number of hydrazone groups is 1. The van der Waals surface area contributed by atoms with Crippen molar-refractivity contribution in [2.24, 2.45) is 10.1 Å². The number of benzene rings is 1. The van der Waals surface area contributed by atoms with Crippen molar-refractivity contribution in [2.75, 3.05) is 13.1 Å². The molecular weight excluding hydrogens is 432 g/mol. The molecule has 0 atom stereocenters. The second kappa shape index (κ2) is 7.69. The number of hydrogen-bond donors (Lipinski definition) is 1. The Morgan fingerprint density at radius 1 is 1.16 bits per heavy atom. The van der Waals surface area contributed by atoms with Gasteiger partial charge in [0.25, 0.3) is 5.91 Å². The lowest BCUT2D eigenvalue weighted by Crippen LogP contribution is -2.35. The molecular formula is C22H21ClN6OS. The van der Waals surface area contributed by atoms with Gasteiger partial charge in [-0.15, -0.1) is 5.10 Å². The van der Waals surface area contributed by atoms with Crippen LogP contribution in [0.3, 0.4) is 0 Å². The van der Waals surface area contributed by atoms with Gasteiger partial charge in [-0.25, -0.2) is 0 Å². The summed E-state index contributed by atoms with van der Waals surface area (Å²) in [6.07, 6.45) is 4.01. The molecule has 1 saturated heterocycles. The number of amidine groups is 3. The molecule has 7 nitrogen and oxygen atoms in total. The highest BCUT2D eigenvalue weighted by atomic mass is 35.5. The Morgan fingerprint density at radius 3 is 2.68 bits per heavy atom. The fraction of sp³-hybridized carbons (Fsp3) is 0.273. The van der Waals surface area contributed by atoms with Crippen molar-refractivity contribution in [1.82, 2.24) is 14.5 Å². The van der Waals surface area contributed by atoms with Gasteiger partial charge in [-0.2, -0.15) is 10.0 Å². The molecule has 3 aliphatic rings. The van der Waals surface area contributed by atoms with Crippen LogP contribution < -0.4 is 0 Å². The minimum absolute atomic E-state index is 0.0595. The molecule has 158 valence electrons. The maximum atomic E-state index is 12.8. The molecule has 31 heavy (non-hydrogen) atoms. The zero-order chi connectivity index (χ0) is 21.7. The number of likely N-dealkylation sites (tertiary alicyclic amines) is 1. The molecule has 0 saturated carbocycles. The Bertz CT molecular complexity index is 1200. The molecule has 9 heteroatoms. The van der Waals surface area contributed by atoms with E-state index in [-0.39, 0.29) is 11.4 Å². The van der Waals surface area contributed by atoms with Crippen LogP contribution in [-0.4, -0.2) is 49.6 Å². The highest BCUT2D eigenvalue weighted by Crippen LogP contribution is 2.32. The van der Waals surface area contributed by atoms with Crippen molar-refractivity contribution < 1.29 is 4.79 Å². The number of fused-ring (bicyclic) bond motifs is 1. The SMILES string of the molecule is Cc1cc(/C=C2/C(=N)N3N=C(N4CCCC4)SC3=NC2=O)c(C)n1-c1cccc(Cl)c1. The summed E-state index contributed by atoms with van der Waals surface area (Å²) in [5, 5.41) is 16.6. The number of aryl methyl sites for hydroxylation is 1. The molecule has 0 bridgehead atoms. The van der Waals surface area contributed by atoms with Gasteiger partial charge in [-0.3, -0.25) is 10.2 Å². The summed E-state index contributed by atoms with van der Waals surface area (Å²) >= 11 is 7.54. The van der Waals surface area contributed by atoms with Crippen LogP contribution in [0.25, 0.3) is 11.8 Å². The third-order valence-electron chi connectivity index (χ3n) is 5.66. The molecule has 2 aromatic rings. The van der Waals surface area contributed by atoms with Gasteiger partial charge in [0, 0.05) is 35.2 Å². The van der Waals surface area contributed by atoms with E-state index in [2.05, 4.69) is 19.6 Å². The van der Waals surface area contributed by atoms with Crippen LogP contribution >= 0.6 is 23.4 Å². The lowest BCUT2D eigenvalue weighted by molar-refractivity contribution is -0.114. The first kappa shape index (κ1) is 20.1. The Balaban J connectivity index is 1.50. The summed E-state index contributed by atoms with van der Waals surface area (Å²) in [6.45, 7) is 5.89. The van der Waals surface area contributed by atoms with E-state index in [1.807, 2.05) is 44.2 Å². The molecule has 3 aliphatic heterocycles. The van der Waals surface area contributed by atoms with Gasteiger partial charge in [0.15, 0.2) is 11.0 Å². The predicted molar refractivity (Wildman–Crippen MR) is 126 cm³/mol. The Morgan fingerprint density at radius 2 is 1.94 bits per heavy atom. The quantitative estimate of drug-likeness (QED) is 0.684. The van der Waals surface area contributed by atoms with Crippen molar-refractivity contribution in [3.05, 3.63) is 57.9 Å². The summed E-state index contributed by atoms with van der Waals surface area (Å²) in [5.41, 5.74) is 4.02. The van der Waals surface area contributed by atoms with Crippen molar-refractivity contribution in [3.8, 4) is 5.69 Å². The summed E-state index contributed by atoms with van der Waals surface area (Å²) in [6, 6.07) is 9.64. The first-order valence-electron chi connectivity index (χ1n) is 10.1. The van der Waals surface area contributed by atoms with Gasteiger partial charge in [0.1, 0.15) is 0 Å². The number of rotatable bonds is 2. The van der Waals surface area contributed by atoms with Gasteiger partial charge in [-0.1, -0.05) is 17.7 Å². The fourth-order valence-electron chi connectivity index (χ4n) is 4.12. The predicted octanol–water partition coefficient (Wildman–Crippen LogP) is 4.42. The number of aromatic nitrogens is 1. The molecule has 1 aromatic heterocycles. The number of amides is 1. The number of carbonyl (C=O) groups is 1. The molecule has 0 unspecified atom stereocenters. The molecule has 4 heterocycles. The van der Waals surface area contributed by atoms with E-state index in [0.29, 0.717) is 10.2 Å². The normalized spacial score (nSPS) is 19.9. The van der Waals surface area contributed by atoms with Gasteiger partial charge in [0.05, 0.1) is 5.57 Å². The van der Waals surface area contributed by atoms with Crippen molar-refractivity contribution in [1.29, 1.82) is 5.41 Å². The minimum Gasteiger partial charge on any atom is -0.349 e. The minimum atomic E-state index is -0.408. The number of thioether (sulfide) groups is 1. The van der Waals surface area contributed by atoms with Crippen LogP contribution in [0.5, 0.6) is 0 Å². The van der Waals surface area contributed by atoms with Crippen molar-refractivity contribution in [3.63, 3.8) is 0 Å². The Kier molecular flexibility index (Phi) is 4.98. The van der Waals surface area contributed by atoms with Crippen molar-refractivity contribution >= 4 is 51.5 Å². The van der Waals surface area contributed by atoms with Crippen molar-refractivity contribution in [2.45, 2.75) is 26.7 Å². The van der Waals surface area contributed by atoms with Gasteiger partial charge >= 0.3 is 0 Å². The van der Waals surface area contributed by atoms with Crippen LogP contribution in [0.15, 0.2) is 46.0 Å². The summed E-state index contributed by atoms with van der Waals surface area (Å²) in [7, 11) is 0. The van der Waals surface area contributed by atoms with Gasteiger partial charge < -0.3 is 9.47 Å². The number of nitrogens with zero attached hydrogens (tertiary/aromatic N) is 5. The number of hydrogen-bond acceptors (Lipinski definition) is 5. The summed E-state index contributed by atoms with van der Waals surface area (Å²) in [5.74, 6) is -0.349. The van der Waals surface area contributed by atoms with Gasteiger partial charge in [0.2, 0.25) is 5.17 Å². The van der Waals surface area contributed by atoms with Crippen LogP contribution in [0.1, 0.15) is 29.8 Å². The van der Waals surface area contributed by atoms with E-state index < -0.39 is 5.91 Å². The number of aliphatic imine (C=N–C) groups is 1. The zero-order valence-corrected chi connectivity index (χ0v) is 18.8. The maximum Gasteiger partial charge on any atom is 0.283 e. The molecule has 0 aliphatic carbocycles. The van der Waals surface area contributed by atoms with E-state index in [1.165, 1.54) is 16.8 Å². The highest BCUT2D eigenvalue weighted by molar-refractivity contribution is 8.26. The second-order valence-electron chi connectivity index (χ2n) is 7.74. The number of nitrogens with one attached hydrogen (secondary N) is 1. The second-order valence-corrected chi connectivity index (χ2v) is 9.11. The zero-order valence-electron chi connectivity index (χ0n) is 17.2. The number of carbonyl (C=O) groups excluding carboxylic acids is 1. The fourth-order valence-corrected chi connectivity index (χ4v) is 5.25. The molecule has 1 aromatic carbocycles. The molecule has 1 N–H and O–H groups in total. The largest absolute Gasteiger partial charge is 0.349 e. The molecule has 1 fully saturated rings. The molecule has 0 spiro atoms. The summed E-state index contributed by atoms with van der Waals surface area (Å²) in [4.78, 5) is 19.2. The number of halogens is 1. The van der Waals surface area contributed by atoms with Crippen LogP contribution in [0.4, 0.5) is 0 Å². The van der Waals surface area contributed by atoms with E-state index in [1.54, 1.807) is 6.08 Å². The van der Waals surface area contributed by atoms with Crippen LogP contribution in [0, 0.1) is 19.3 Å². The van der Waals surface area contributed by atoms with Crippen LogP contribution in [0.2, 0.25) is 5.02 Å². The van der Waals surface area contributed by atoms with Gasteiger partial charge in [-0.05, 0) is 74.4 Å². The third-order valence-corrected chi connectivity index (χ3v) is 6.86. The lowest BCUT2D eigenvalue weighted by atomic mass is 10.1. The van der Waals surface area contributed by atoms with E-state index in [4.69, 9.17) is 17.0 Å². The average Bonchev–Trinajstić information content (AvgIpc) is 3.45. The maximum absolute atomic E-state index is 12.8. The Hall–Kier alpha value is -2.84. The monoisotopic (exact) mass is 452 g/mol. The van der Waals surface area contributed by atoms with E-state index in [9.17, 15) is 4.79 Å². The molecule has 1 amide bonds. The lowest BCUT2D eigenvalue weighted by Gasteiger charge is -2.20. The third kappa shape index (κ3) is 3.49. The smallest absolute Gasteiger partial charge is 0.283 e. The average molecular weight is 453 g/mol. The standard InChI is InChI=1S/C22H21ClN6OS/c1-13-10-15(14(2)28(13)17-7-5-6-16(23)12-17)11-18-19(24)29-21(25-20(18)30)31-22(26-29)27-8-3-4-9-27/h5-7,10-12,24H,3-4,8-9H2,1-2H3/b18-11-,24-19?. The highest BCUT2D eigenvalue weighted by Gasteiger charge is 2.37. The Labute approximate surface area is 189 Å². The topological polar surface area (TPSA) is 77.1 Å². The van der Waals surface area contributed by atoms with E-state index >= 15 is 0 Å². The summed E-state index contributed by atoms with van der Waals surface area (Å²) < 4.78 is 2.08.